The van der Waals surface area contributed by atoms with Crippen LogP contribution in [0.1, 0.15) is 0 Å². The Morgan fingerprint density at radius 2 is 0.875 bits per heavy atom. The average molecular weight is 601 g/mol. The van der Waals surface area contributed by atoms with E-state index >= 15 is 0 Å². The quantitative estimate of drug-likeness (QED) is 0.246. The molecular weight excluding hydrogens is 584 g/mol. The summed E-state index contributed by atoms with van der Waals surface area (Å²) in [6.07, 6.45) is 0. The minimum atomic E-state index is -1.55. The molecule has 0 aliphatic rings. The van der Waals surface area contributed by atoms with Crippen LogP contribution >= 0.6 is 47.7 Å². The van der Waals surface area contributed by atoms with Gasteiger partial charge in [-0.2, -0.15) is 0 Å². The van der Waals surface area contributed by atoms with Crippen LogP contribution in [0.2, 0.25) is 0 Å². The molecule has 0 fully saturated rings. The first kappa shape index (κ1) is 20.4. The van der Waals surface area contributed by atoms with Crippen LogP contribution in [0.25, 0.3) is 0 Å². The van der Waals surface area contributed by atoms with Crippen LogP contribution in [0, 0.1) is 0 Å². The van der Waals surface area contributed by atoms with E-state index in [2.05, 4.69) is 114 Å². The average Bonchev–Trinajstić information content (AvgIpc) is 2.66. The van der Waals surface area contributed by atoms with Gasteiger partial charge in [0.05, 0.1) is 0 Å². The molecule has 0 atom stereocenters. The smallest absolute Gasteiger partial charge is 0.0620 e. The van der Waals surface area contributed by atoms with Gasteiger partial charge in [-0.05, 0) is 59.0 Å². The number of rotatable bonds is 4. The summed E-state index contributed by atoms with van der Waals surface area (Å²) in [4.78, 5) is 0. The molecule has 0 aliphatic carbocycles. The molecule has 0 spiro atoms. The molecule has 0 saturated carbocycles. The minimum Gasteiger partial charge on any atom is -0.0620 e. The van der Waals surface area contributed by atoms with Crippen molar-refractivity contribution in [3.05, 3.63) is 91.0 Å². The monoisotopic (exact) mass is 600 g/mol. The molecule has 0 heterocycles. The number of halogens is 4. The number of alkyl halides is 1. The first-order valence-corrected chi connectivity index (χ1v) is 16.2. The maximum absolute atomic E-state index is 4.87. The van der Waals surface area contributed by atoms with Crippen LogP contribution < -0.4 is 34.9 Å². The Bertz CT molecular complexity index is 613. The van der Waals surface area contributed by atoms with Crippen molar-refractivity contribution in [2.24, 2.45) is 0 Å². The summed E-state index contributed by atoms with van der Waals surface area (Å²) in [6, 6.07) is 32.9. The molecule has 126 valence electrons. The molecule has 24 heavy (non-hydrogen) atoms. The van der Waals surface area contributed by atoms with Crippen molar-refractivity contribution >= 4 is 63.6 Å². The van der Waals surface area contributed by atoms with Crippen molar-refractivity contribution in [1.29, 1.82) is 0 Å². The molecule has 0 aliphatic heterocycles. The third kappa shape index (κ3) is 4.85. The van der Waals surface area contributed by atoms with Crippen LogP contribution in [0.4, 0.5) is 0 Å². The van der Waals surface area contributed by atoms with Crippen molar-refractivity contribution in [1.82, 2.24) is 0 Å². The van der Waals surface area contributed by atoms with Crippen molar-refractivity contribution in [2.45, 2.75) is 0 Å². The van der Waals surface area contributed by atoms with E-state index in [4.69, 9.17) is 17.8 Å². The molecule has 0 bridgehead atoms. The van der Waals surface area contributed by atoms with Gasteiger partial charge >= 0.3 is 36.8 Å². The van der Waals surface area contributed by atoms with Gasteiger partial charge in [0, 0.05) is 0 Å². The second-order valence-corrected chi connectivity index (χ2v) is 13.7. The molecule has 5 heteroatoms. The Kier molecular flexibility index (Phi) is 9.35. The Morgan fingerprint density at radius 3 is 1.08 bits per heavy atom. The van der Waals surface area contributed by atoms with E-state index in [0.29, 0.717) is 0 Å². The molecule has 3 rings (SSSR count). The van der Waals surface area contributed by atoms with Crippen LogP contribution in [0.5, 0.6) is 0 Å². The number of hydrogen-bond donors (Lipinski definition) is 0. The third-order valence-corrected chi connectivity index (χ3v) is 10.7. The van der Waals surface area contributed by atoms with Crippen molar-refractivity contribution in [3.8, 4) is 0 Å². The fourth-order valence-electron chi connectivity index (χ4n) is 2.70. The second kappa shape index (κ2) is 11.0. The Morgan fingerprint density at radius 1 is 0.625 bits per heavy atom. The van der Waals surface area contributed by atoms with E-state index in [1.54, 1.807) is 0 Å². The Labute approximate surface area is 176 Å². The summed E-state index contributed by atoms with van der Waals surface area (Å²) in [5.41, 5.74) is 0. The zero-order chi connectivity index (χ0) is 17.3. The summed E-state index contributed by atoms with van der Waals surface area (Å²) in [6.45, 7) is 0. The summed E-state index contributed by atoms with van der Waals surface area (Å²) in [7, 11) is 8.20. The molecular formula is C19H17Cl2I2P. The van der Waals surface area contributed by atoms with Crippen LogP contribution in [0.15, 0.2) is 91.0 Å². The summed E-state index contributed by atoms with van der Waals surface area (Å²) >= 11 is 2.10. The van der Waals surface area contributed by atoms with Crippen LogP contribution in [-0.2, 0) is 0 Å². The van der Waals surface area contributed by atoms with Crippen LogP contribution in [0.3, 0.4) is 0 Å². The number of benzene rings is 3. The van der Waals surface area contributed by atoms with Gasteiger partial charge < -0.3 is 0 Å². The summed E-state index contributed by atoms with van der Waals surface area (Å²) in [5.74, 6) is 0. The maximum Gasteiger partial charge on any atom is 0.124 e. The second-order valence-electron chi connectivity index (χ2n) is 4.99. The van der Waals surface area contributed by atoms with Gasteiger partial charge in [-0.1, -0.05) is 54.6 Å². The molecule has 0 radical (unpaired) electrons. The molecule has 0 nitrogen and oxygen atoms in total. The Balaban J connectivity index is 0.000000647. The van der Waals surface area contributed by atoms with E-state index in [0.717, 1.165) is 4.17 Å². The molecule has 0 saturated heterocycles. The Hall–Kier alpha value is 0.130. The van der Waals surface area contributed by atoms with E-state index < -0.39 is 26.2 Å². The molecule has 0 N–H and O–H groups in total. The minimum absolute atomic E-state index is 0.466. The van der Waals surface area contributed by atoms with Crippen molar-refractivity contribution in [3.63, 3.8) is 0 Å². The zero-order valence-electron chi connectivity index (χ0n) is 12.8. The van der Waals surface area contributed by atoms with Gasteiger partial charge in [-0.3, -0.25) is 0 Å². The summed E-state index contributed by atoms with van der Waals surface area (Å²) < 4.78 is 1.11. The third-order valence-electron chi connectivity index (χ3n) is 3.77. The fraction of sp³-hybridized carbons (Fsp3) is 0.0526. The standard InChI is InChI=1S/C19H17IP.Cl2I/c20-16-21(17-10-4-1-5-11-17,18-12-6-2-7-13-18)19-14-8-3-9-15-19;1-3-2/h1-15H,16H2;/q+1;-1. The molecule has 0 amide bonds. The van der Waals surface area contributed by atoms with Crippen molar-refractivity contribution < 1.29 is 18.9 Å². The number of hydrogen-bond acceptors (Lipinski definition) is 0. The predicted molar refractivity (Wildman–Crippen MR) is 116 cm³/mol. The first-order valence-electron chi connectivity index (χ1n) is 7.27. The van der Waals surface area contributed by atoms with Gasteiger partial charge in [0.15, 0.2) is 0 Å². The van der Waals surface area contributed by atoms with Crippen molar-refractivity contribution in [2.75, 3.05) is 4.17 Å². The van der Waals surface area contributed by atoms with E-state index in [1.807, 2.05) is 0 Å². The molecule has 3 aromatic rings. The zero-order valence-corrected chi connectivity index (χ0v) is 19.5. The SMILES string of the molecule is Cl[I-]Cl.IC[P+](c1ccccc1)(c1ccccc1)c1ccccc1. The molecule has 3 aromatic carbocycles. The van der Waals surface area contributed by atoms with E-state index in [-0.39, 0.29) is 0 Å². The van der Waals surface area contributed by atoms with E-state index in [1.165, 1.54) is 15.9 Å². The van der Waals surface area contributed by atoms with Gasteiger partial charge in [0.25, 0.3) is 0 Å². The van der Waals surface area contributed by atoms with Gasteiger partial charge in [-0.25, -0.2) is 0 Å². The van der Waals surface area contributed by atoms with Gasteiger partial charge in [0.2, 0.25) is 0 Å². The topological polar surface area (TPSA) is 0 Å². The largest absolute Gasteiger partial charge is 0.124 e. The van der Waals surface area contributed by atoms with Gasteiger partial charge in [-0.15, -0.1) is 0 Å². The predicted octanol–water partition coefficient (Wildman–Crippen LogP) is 2.76. The summed E-state index contributed by atoms with van der Waals surface area (Å²) in [5, 5.41) is 4.37. The van der Waals surface area contributed by atoms with Gasteiger partial charge in [0.1, 0.15) is 27.3 Å². The van der Waals surface area contributed by atoms with Crippen LogP contribution in [-0.4, -0.2) is 4.17 Å². The van der Waals surface area contributed by atoms with E-state index in [9.17, 15) is 0 Å². The first-order chi connectivity index (χ1) is 11.8. The molecule has 0 unspecified atom stereocenters. The normalized spacial score (nSPS) is 10.8. The molecule has 0 aromatic heterocycles. The maximum atomic E-state index is 4.87. The fourth-order valence-corrected chi connectivity index (χ4v) is 9.60.